The van der Waals surface area contributed by atoms with Crippen LogP contribution in [0.2, 0.25) is 0 Å². The Labute approximate surface area is 166 Å². The van der Waals surface area contributed by atoms with Gasteiger partial charge in [0.1, 0.15) is 0 Å². The number of carbonyl (C=O) groups is 2. The van der Waals surface area contributed by atoms with E-state index in [0.29, 0.717) is 6.07 Å². The highest BCUT2D eigenvalue weighted by Crippen LogP contribution is 2.33. The van der Waals surface area contributed by atoms with Gasteiger partial charge in [0.25, 0.3) is 0 Å². The van der Waals surface area contributed by atoms with E-state index in [0.717, 1.165) is 25.3 Å². The molecule has 2 aromatic carbocycles. The van der Waals surface area contributed by atoms with Crippen molar-refractivity contribution in [3.63, 3.8) is 0 Å². The topological polar surface area (TPSA) is 61.4 Å². The van der Waals surface area contributed by atoms with Crippen molar-refractivity contribution in [2.45, 2.75) is 25.3 Å². The zero-order valence-electron chi connectivity index (χ0n) is 16.0. The lowest BCUT2D eigenvalue weighted by molar-refractivity contribution is -0.125. The van der Waals surface area contributed by atoms with Crippen LogP contribution in [0.5, 0.6) is 0 Å². The molecule has 0 fully saturated rings. The van der Waals surface area contributed by atoms with Gasteiger partial charge in [-0.05, 0) is 49.6 Å². The van der Waals surface area contributed by atoms with Crippen LogP contribution in [-0.4, -0.2) is 36.9 Å². The summed E-state index contributed by atoms with van der Waals surface area (Å²) >= 11 is 0. The van der Waals surface area contributed by atoms with Gasteiger partial charge in [-0.3, -0.25) is 14.5 Å². The minimum atomic E-state index is -1.67. The number of likely N-dealkylation sites (N-methyl/N-ethyl adjacent to an activating group) is 1. The number of anilines is 1. The smallest absolute Gasteiger partial charge is 0.243 e. The number of nitrogens with one attached hydrogen (secondary N) is 2. The first-order valence-corrected chi connectivity index (χ1v) is 9.35. The molecule has 0 spiro atoms. The van der Waals surface area contributed by atoms with E-state index in [1.165, 1.54) is 11.1 Å². The molecule has 5 nitrogen and oxygen atoms in total. The fourth-order valence-corrected chi connectivity index (χ4v) is 3.57. The zero-order chi connectivity index (χ0) is 21.0. The molecule has 29 heavy (non-hydrogen) atoms. The second kappa shape index (κ2) is 9.09. The van der Waals surface area contributed by atoms with Crippen LogP contribution in [-0.2, 0) is 16.0 Å². The van der Waals surface area contributed by atoms with Gasteiger partial charge in [-0.1, -0.05) is 24.3 Å². The van der Waals surface area contributed by atoms with E-state index >= 15 is 0 Å². The molecule has 0 bridgehead atoms. The highest BCUT2D eigenvalue weighted by Gasteiger charge is 2.24. The molecule has 1 aliphatic carbocycles. The molecule has 2 aromatic rings. The molecule has 2 amide bonds. The molecule has 0 aromatic heterocycles. The number of amides is 2. The lowest BCUT2D eigenvalue weighted by Gasteiger charge is -2.32. The highest BCUT2D eigenvalue weighted by atomic mass is 19.2. The molecule has 154 valence electrons. The monoisotopic (exact) mass is 405 g/mol. The third-order valence-electron chi connectivity index (χ3n) is 5.02. The standard InChI is InChI=1S/C21H22F3N3O2/c1-27(17-8-4-6-13-5-2-3-7-14(13)17)12-19(29)25-11-18(28)26-16-10-9-15(22)20(23)21(16)24/h2-3,5,7,9-10,17H,4,6,8,11-12H2,1H3,(H,25,29)(H,26,28)/t17-/m1/s1. The predicted octanol–water partition coefficient (Wildman–Crippen LogP) is 3.17. The number of hydrogen-bond acceptors (Lipinski definition) is 3. The summed E-state index contributed by atoms with van der Waals surface area (Å²) in [7, 11) is 1.85. The van der Waals surface area contributed by atoms with Gasteiger partial charge in [0.15, 0.2) is 17.5 Å². The summed E-state index contributed by atoms with van der Waals surface area (Å²) in [5.74, 6) is -5.60. The number of benzene rings is 2. The van der Waals surface area contributed by atoms with Crippen molar-refractivity contribution in [3.05, 3.63) is 65.0 Å². The normalized spacial score (nSPS) is 15.7. The van der Waals surface area contributed by atoms with E-state index in [1.807, 2.05) is 24.1 Å². The first-order chi connectivity index (χ1) is 13.9. The van der Waals surface area contributed by atoms with Crippen LogP contribution in [0.3, 0.4) is 0 Å². The lowest BCUT2D eigenvalue weighted by Crippen LogP contribution is -2.41. The Balaban J connectivity index is 1.51. The van der Waals surface area contributed by atoms with Crippen LogP contribution in [0.15, 0.2) is 36.4 Å². The average molecular weight is 405 g/mol. The Hall–Kier alpha value is -2.87. The summed E-state index contributed by atoms with van der Waals surface area (Å²) in [5.41, 5.74) is 2.00. The second-order valence-corrected chi connectivity index (χ2v) is 7.07. The Morgan fingerprint density at radius 3 is 2.62 bits per heavy atom. The van der Waals surface area contributed by atoms with E-state index in [9.17, 15) is 22.8 Å². The summed E-state index contributed by atoms with van der Waals surface area (Å²) in [6.07, 6.45) is 3.00. The van der Waals surface area contributed by atoms with E-state index < -0.39 is 35.6 Å². The fraction of sp³-hybridized carbons (Fsp3) is 0.333. The Kier molecular flexibility index (Phi) is 6.53. The molecule has 1 atom stereocenters. The van der Waals surface area contributed by atoms with Crippen LogP contribution in [0.1, 0.15) is 30.0 Å². The first kappa shape index (κ1) is 20.9. The van der Waals surface area contributed by atoms with Gasteiger partial charge in [0.2, 0.25) is 11.8 Å². The van der Waals surface area contributed by atoms with Crippen LogP contribution < -0.4 is 10.6 Å². The van der Waals surface area contributed by atoms with Gasteiger partial charge >= 0.3 is 0 Å². The maximum atomic E-state index is 13.6. The molecule has 0 heterocycles. The molecule has 0 saturated carbocycles. The second-order valence-electron chi connectivity index (χ2n) is 7.07. The third kappa shape index (κ3) is 4.95. The predicted molar refractivity (Wildman–Crippen MR) is 103 cm³/mol. The zero-order valence-corrected chi connectivity index (χ0v) is 16.0. The molecule has 1 aliphatic rings. The summed E-state index contributed by atoms with van der Waals surface area (Å²) in [5, 5.41) is 4.57. The van der Waals surface area contributed by atoms with Gasteiger partial charge in [-0.15, -0.1) is 0 Å². The fourth-order valence-electron chi connectivity index (χ4n) is 3.57. The number of fused-ring (bicyclic) bond motifs is 1. The Morgan fingerprint density at radius 2 is 1.83 bits per heavy atom. The third-order valence-corrected chi connectivity index (χ3v) is 5.02. The van der Waals surface area contributed by atoms with Gasteiger partial charge in [0.05, 0.1) is 18.8 Å². The molecule has 3 rings (SSSR count). The molecular weight excluding hydrogens is 383 g/mol. The molecular formula is C21H22F3N3O2. The number of hydrogen-bond donors (Lipinski definition) is 2. The molecule has 0 saturated heterocycles. The number of carbonyl (C=O) groups excluding carboxylic acids is 2. The molecule has 0 aliphatic heterocycles. The van der Waals surface area contributed by atoms with Crippen LogP contribution in [0.4, 0.5) is 18.9 Å². The van der Waals surface area contributed by atoms with Crippen molar-refractivity contribution in [3.8, 4) is 0 Å². The van der Waals surface area contributed by atoms with E-state index in [-0.39, 0.29) is 18.5 Å². The Morgan fingerprint density at radius 1 is 1.07 bits per heavy atom. The Bertz CT molecular complexity index is 920. The van der Waals surface area contributed by atoms with Crippen molar-refractivity contribution < 1.29 is 22.8 Å². The summed E-state index contributed by atoms with van der Waals surface area (Å²) in [6.45, 7) is -0.321. The quantitative estimate of drug-likeness (QED) is 0.726. The average Bonchev–Trinajstić information content (AvgIpc) is 2.72. The number of rotatable bonds is 6. The summed E-state index contributed by atoms with van der Waals surface area (Å²) in [4.78, 5) is 26.0. The van der Waals surface area contributed by atoms with Gasteiger partial charge in [-0.25, -0.2) is 13.2 Å². The van der Waals surface area contributed by atoms with Gasteiger partial charge in [0, 0.05) is 6.04 Å². The van der Waals surface area contributed by atoms with Gasteiger partial charge in [-0.2, -0.15) is 0 Å². The summed E-state index contributed by atoms with van der Waals surface area (Å²) < 4.78 is 39.7. The number of nitrogens with zero attached hydrogens (tertiary/aromatic N) is 1. The minimum Gasteiger partial charge on any atom is -0.346 e. The number of halogens is 3. The minimum absolute atomic E-state index is 0.0891. The van der Waals surface area contributed by atoms with Crippen molar-refractivity contribution in [2.24, 2.45) is 0 Å². The van der Waals surface area contributed by atoms with Crippen molar-refractivity contribution in [1.29, 1.82) is 0 Å². The molecule has 0 radical (unpaired) electrons. The molecule has 2 N–H and O–H groups in total. The van der Waals surface area contributed by atoms with Crippen LogP contribution >= 0.6 is 0 Å². The summed E-state index contributed by atoms with van der Waals surface area (Å²) in [6, 6.07) is 9.89. The van der Waals surface area contributed by atoms with E-state index in [4.69, 9.17) is 0 Å². The van der Waals surface area contributed by atoms with E-state index in [1.54, 1.807) is 0 Å². The largest absolute Gasteiger partial charge is 0.346 e. The van der Waals surface area contributed by atoms with Crippen LogP contribution in [0.25, 0.3) is 0 Å². The SMILES string of the molecule is CN(CC(=O)NCC(=O)Nc1ccc(F)c(F)c1F)[C@@H]1CCCc2ccccc21. The van der Waals surface area contributed by atoms with Crippen LogP contribution in [0, 0.1) is 17.5 Å². The van der Waals surface area contributed by atoms with Crippen molar-refractivity contribution in [1.82, 2.24) is 10.2 Å². The maximum absolute atomic E-state index is 13.6. The lowest BCUT2D eigenvalue weighted by atomic mass is 9.87. The molecule has 0 unspecified atom stereocenters. The first-order valence-electron chi connectivity index (χ1n) is 9.35. The highest BCUT2D eigenvalue weighted by molar-refractivity contribution is 5.94. The van der Waals surface area contributed by atoms with E-state index in [2.05, 4.69) is 22.8 Å². The molecule has 8 heteroatoms. The van der Waals surface area contributed by atoms with Gasteiger partial charge < -0.3 is 10.6 Å². The van der Waals surface area contributed by atoms with Crippen molar-refractivity contribution in [2.75, 3.05) is 25.5 Å². The van der Waals surface area contributed by atoms with Crippen molar-refractivity contribution >= 4 is 17.5 Å². The maximum Gasteiger partial charge on any atom is 0.243 e. The number of aryl methyl sites for hydroxylation is 1.